The Bertz CT molecular complexity index is 1240. The maximum atomic E-state index is 13.4. The number of urea groups is 1. The van der Waals surface area contributed by atoms with E-state index in [9.17, 15) is 14.4 Å². The van der Waals surface area contributed by atoms with Crippen LogP contribution < -0.4 is 5.32 Å². The molecule has 1 atom stereocenters. The zero-order valence-corrected chi connectivity index (χ0v) is 23.2. The molecule has 39 heavy (non-hydrogen) atoms. The first-order valence-electron chi connectivity index (χ1n) is 13.2. The molecular formula is C30H35ClN4O4. The van der Waals surface area contributed by atoms with Crippen molar-refractivity contribution < 1.29 is 19.1 Å². The van der Waals surface area contributed by atoms with Crippen molar-refractivity contribution in [1.29, 1.82) is 0 Å². The molecule has 206 valence electrons. The SMILES string of the molecule is C=CCN1C(=O)NC(c2ccc(Cl)cc2)C(C(=O)OCC)=C1CN1CCCN(C(=O)c2ccc(C)cc2)CC1. The van der Waals surface area contributed by atoms with Crippen molar-refractivity contribution in [1.82, 2.24) is 20.0 Å². The zero-order valence-electron chi connectivity index (χ0n) is 22.5. The highest BCUT2D eigenvalue weighted by Gasteiger charge is 2.38. The smallest absolute Gasteiger partial charge is 0.338 e. The van der Waals surface area contributed by atoms with E-state index in [0.717, 1.165) is 17.5 Å². The maximum absolute atomic E-state index is 13.4. The van der Waals surface area contributed by atoms with Gasteiger partial charge in [-0.3, -0.25) is 14.6 Å². The molecule has 2 aromatic rings. The topological polar surface area (TPSA) is 82.2 Å². The van der Waals surface area contributed by atoms with E-state index in [2.05, 4.69) is 16.8 Å². The molecule has 0 saturated carbocycles. The van der Waals surface area contributed by atoms with Crippen molar-refractivity contribution in [2.24, 2.45) is 0 Å². The van der Waals surface area contributed by atoms with Crippen LogP contribution in [-0.2, 0) is 9.53 Å². The summed E-state index contributed by atoms with van der Waals surface area (Å²) in [5.41, 5.74) is 3.48. The quantitative estimate of drug-likeness (QED) is 0.385. The summed E-state index contributed by atoms with van der Waals surface area (Å²) in [5.74, 6) is -0.469. The summed E-state index contributed by atoms with van der Waals surface area (Å²) in [7, 11) is 0. The summed E-state index contributed by atoms with van der Waals surface area (Å²) in [4.78, 5) is 45.4. The van der Waals surface area contributed by atoms with Crippen molar-refractivity contribution in [3.63, 3.8) is 0 Å². The lowest BCUT2D eigenvalue weighted by atomic mass is 9.94. The summed E-state index contributed by atoms with van der Waals surface area (Å²) in [6.07, 6.45) is 2.41. The molecule has 1 N–H and O–H groups in total. The lowest BCUT2D eigenvalue weighted by Crippen LogP contribution is -2.51. The lowest BCUT2D eigenvalue weighted by Gasteiger charge is -2.38. The molecule has 0 spiro atoms. The fraction of sp³-hybridized carbons (Fsp3) is 0.367. The number of ether oxygens (including phenoxy) is 1. The molecule has 9 heteroatoms. The van der Waals surface area contributed by atoms with Gasteiger partial charge in [0.05, 0.1) is 18.2 Å². The second kappa shape index (κ2) is 13.0. The third kappa shape index (κ3) is 6.69. The molecule has 3 amide bonds. The fourth-order valence-electron chi connectivity index (χ4n) is 4.97. The Balaban J connectivity index is 1.63. The average Bonchev–Trinajstić information content (AvgIpc) is 3.16. The van der Waals surface area contributed by atoms with Crippen LogP contribution in [0.5, 0.6) is 0 Å². The first-order chi connectivity index (χ1) is 18.8. The maximum Gasteiger partial charge on any atom is 0.338 e. The molecule has 1 fully saturated rings. The average molecular weight is 551 g/mol. The second-order valence-corrected chi connectivity index (χ2v) is 10.1. The van der Waals surface area contributed by atoms with Crippen LogP contribution in [0.4, 0.5) is 4.79 Å². The summed E-state index contributed by atoms with van der Waals surface area (Å²) in [6, 6.07) is 13.7. The summed E-state index contributed by atoms with van der Waals surface area (Å²) in [5, 5.41) is 3.53. The number of rotatable bonds is 8. The molecular weight excluding hydrogens is 516 g/mol. The molecule has 0 aliphatic carbocycles. The molecule has 2 aliphatic rings. The largest absolute Gasteiger partial charge is 0.463 e. The first-order valence-corrected chi connectivity index (χ1v) is 13.6. The second-order valence-electron chi connectivity index (χ2n) is 9.70. The molecule has 2 heterocycles. The number of nitrogens with one attached hydrogen (secondary N) is 1. The standard InChI is InChI=1S/C30H35ClN4O4/c1-4-15-35-25(20-33-16-6-17-34(19-18-33)28(36)23-9-7-21(3)8-10-23)26(29(37)39-5-2)27(32-30(35)38)22-11-13-24(31)14-12-22/h4,7-14,27H,1,5-6,15-20H2,2-3H3,(H,32,38). The van der Waals surface area contributed by atoms with Crippen molar-refractivity contribution >= 4 is 29.5 Å². The van der Waals surface area contributed by atoms with Crippen LogP contribution in [-0.4, -0.2) is 78.5 Å². The Labute approximate surface area is 234 Å². The molecule has 0 radical (unpaired) electrons. The fourth-order valence-corrected chi connectivity index (χ4v) is 5.10. The van der Waals surface area contributed by atoms with Crippen LogP contribution in [0.3, 0.4) is 0 Å². The molecule has 0 bridgehead atoms. The van der Waals surface area contributed by atoms with E-state index in [1.165, 1.54) is 0 Å². The van der Waals surface area contributed by atoms with Gasteiger partial charge < -0.3 is 15.0 Å². The van der Waals surface area contributed by atoms with Crippen LogP contribution in [0.25, 0.3) is 0 Å². The highest BCUT2D eigenvalue weighted by Crippen LogP contribution is 2.33. The van der Waals surface area contributed by atoms with E-state index in [0.29, 0.717) is 54.6 Å². The number of carbonyl (C=O) groups excluding carboxylic acids is 3. The van der Waals surface area contributed by atoms with Crippen molar-refractivity contribution in [2.75, 3.05) is 45.9 Å². The lowest BCUT2D eigenvalue weighted by molar-refractivity contribution is -0.139. The van der Waals surface area contributed by atoms with Gasteiger partial charge in [0.25, 0.3) is 5.91 Å². The number of hydrogen-bond donors (Lipinski definition) is 1. The Morgan fingerprint density at radius 1 is 1.08 bits per heavy atom. The number of nitrogens with zero attached hydrogens (tertiary/aromatic N) is 3. The van der Waals surface area contributed by atoms with Crippen LogP contribution in [0.2, 0.25) is 5.02 Å². The monoisotopic (exact) mass is 550 g/mol. The van der Waals surface area contributed by atoms with E-state index >= 15 is 0 Å². The van der Waals surface area contributed by atoms with Gasteiger partial charge in [-0.2, -0.15) is 0 Å². The molecule has 4 rings (SSSR count). The summed E-state index contributed by atoms with van der Waals surface area (Å²) < 4.78 is 5.47. The molecule has 1 saturated heterocycles. The van der Waals surface area contributed by atoms with E-state index in [1.54, 1.807) is 42.2 Å². The van der Waals surface area contributed by atoms with Gasteiger partial charge in [-0.1, -0.05) is 47.5 Å². The number of esters is 1. The third-order valence-electron chi connectivity index (χ3n) is 7.00. The normalized spacial score (nSPS) is 18.4. The van der Waals surface area contributed by atoms with Gasteiger partial charge in [-0.25, -0.2) is 9.59 Å². The minimum Gasteiger partial charge on any atom is -0.463 e. The number of amides is 3. The van der Waals surface area contributed by atoms with E-state index in [-0.39, 0.29) is 25.1 Å². The Morgan fingerprint density at radius 2 is 1.79 bits per heavy atom. The molecule has 8 nitrogen and oxygen atoms in total. The first kappa shape index (κ1) is 28.4. The number of benzene rings is 2. The molecule has 1 unspecified atom stereocenters. The van der Waals surface area contributed by atoms with Crippen LogP contribution in [0.1, 0.15) is 40.9 Å². The van der Waals surface area contributed by atoms with Gasteiger partial charge in [-0.15, -0.1) is 6.58 Å². The highest BCUT2D eigenvalue weighted by molar-refractivity contribution is 6.30. The van der Waals surface area contributed by atoms with E-state index in [1.807, 2.05) is 36.1 Å². The molecule has 2 aromatic carbocycles. The Morgan fingerprint density at radius 3 is 2.46 bits per heavy atom. The van der Waals surface area contributed by atoms with Crippen molar-refractivity contribution in [3.05, 3.63) is 94.2 Å². The highest BCUT2D eigenvalue weighted by atomic mass is 35.5. The van der Waals surface area contributed by atoms with Gasteiger partial charge in [0.1, 0.15) is 0 Å². The minimum atomic E-state index is -0.684. The Kier molecular flexibility index (Phi) is 9.43. The van der Waals surface area contributed by atoms with Crippen molar-refractivity contribution in [2.45, 2.75) is 26.3 Å². The van der Waals surface area contributed by atoms with Gasteiger partial charge in [0.15, 0.2) is 0 Å². The van der Waals surface area contributed by atoms with Gasteiger partial charge in [0.2, 0.25) is 0 Å². The predicted molar refractivity (Wildman–Crippen MR) is 151 cm³/mol. The van der Waals surface area contributed by atoms with Crippen LogP contribution in [0, 0.1) is 6.92 Å². The van der Waals surface area contributed by atoms with E-state index in [4.69, 9.17) is 16.3 Å². The van der Waals surface area contributed by atoms with Crippen molar-refractivity contribution in [3.8, 4) is 0 Å². The van der Waals surface area contributed by atoms with Gasteiger partial charge in [-0.05, 0) is 50.1 Å². The molecule has 2 aliphatic heterocycles. The van der Waals surface area contributed by atoms with Crippen LogP contribution in [0.15, 0.2) is 72.5 Å². The summed E-state index contributed by atoms with van der Waals surface area (Å²) >= 11 is 6.10. The predicted octanol–water partition coefficient (Wildman–Crippen LogP) is 4.57. The van der Waals surface area contributed by atoms with Gasteiger partial charge >= 0.3 is 12.0 Å². The summed E-state index contributed by atoms with van der Waals surface area (Å²) in [6.45, 7) is 10.9. The molecule has 0 aromatic heterocycles. The van der Waals surface area contributed by atoms with Crippen LogP contribution >= 0.6 is 11.6 Å². The number of carbonyl (C=O) groups is 3. The number of aryl methyl sites for hydroxylation is 1. The van der Waals surface area contributed by atoms with E-state index < -0.39 is 12.0 Å². The third-order valence-corrected chi connectivity index (χ3v) is 7.25. The van der Waals surface area contributed by atoms with Gasteiger partial charge in [0, 0.05) is 55.6 Å². The zero-order chi connectivity index (χ0) is 27.9. The Hall–Kier alpha value is -3.62. The number of halogens is 1. The minimum absolute atomic E-state index is 0.0106. The number of hydrogen-bond acceptors (Lipinski definition) is 5.